The van der Waals surface area contributed by atoms with Crippen molar-refractivity contribution < 1.29 is 19.1 Å². The molecule has 0 radical (unpaired) electrons. The smallest absolute Gasteiger partial charge is 0.320 e. The third kappa shape index (κ3) is 6.62. The van der Waals surface area contributed by atoms with Crippen LogP contribution in [0.2, 0.25) is 0 Å². The van der Waals surface area contributed by atoms with Crippen LogP contribution >= 0.6 is 0 Å². The maximum Gasteiger partial charge on any atom is 0.320 e. The van der Waals surface area contributed by atoms with Crippen molar-refractivity contribution in [1.82, 2.24) is 10.3 Å². The number of aryl methyl sites for hydroxylation is 1. The predicted octanol–water partition coefficient (Wildman–Crippen LogP) is 6.04. The Balaban J connectivity index is 1.32. The van der Waals surface area contributed by atoms with E-state index in [1.807, 2.05) is 60.5 Å². The molecule has 1 aliphatic heterocycles. The third-order valence-corrected chi connectivity index (χ3v) is 6.61. The molecule has 0 aliphatic carbocycles. The summed E-state index contributed by atoms with van der Waals surface area (Å²) in [6, 6.07) is 22.4. The van der Waals surface area contributed by atoms with Gasteiger partial charge in [0.05, 0.1) is 11.4 Å². The van der Waals surface area contributed by atoms with E-state index in [1.165, 1.54) is 7.11 Å². The zero-order valence-corrected chi connectivity index (χ0v) is 23.2. The number of hydrazone groups is 1. The van der Waals surface area contributed by atoms with Crippen LogP contribution < -0.4 is 25.7 Å². The summed E-state index contributed by atoms with van der Waals surface area (Å²) >= 11 is 0. The molecular formula is C31H32N6O4. The molecule has 10 nitrogen and oxygen atoms in total. The van der Waals surface area contributed by atoms with E-state index in [2.05, 4.69) is 27.9 Å². The second-order valence-electron chi connectivity index (χ2n) is 9.64. The van der Waals surface area contributed by atoms with E-state index in [4.69, 9.17) is 14.6 Å². The number of fused-ring (bicyclic) bond motifs is 1. The number of nitrogens with one attached hydrogen (secondary N) is 3. The van der Waals surface area contributed by atoms with Gasteiger partial charge in [0.1, 0.15) is 30.1 Å². The highest BCUT2D eigenvalue weighted by atomic mass is 16.5. The number of anilines is 3. The zero-order chi connectivity index (χ0) is 28.8. The number of aromatic nitrogens is 1. The molecule has 1 aromatic heterocycles. The van der Waals surface area contributed by atoms with Gasteiger partial charge in [0.15, 0.2) is 0 Å². The van der Waals surface area contributed by atoms with Crippen molar-refractivity contribution in [3.63, 3.8) is 0 Å². The second kappa shape index (κ2) is 12.5. The summed E-state index contributed by atoms with van der Waals surface area (Å²) in [6.07, 6.45) is 2.71. The molecule has 0 bridgehead atoms. The number of carbonyl (C=O) groups excluding carboxylic acids is 2. The molecule has 5 rings (SSSR count). The highest BCUT2D eigenvalue weighted by Gasteiger charge is 2.28. The number of urea groups is 1. The van der Waals surface area contributed by atoms with Gasteiger partial charge in [0.2, 0.25) is 0 Å². The summed E-state index contributed by atoms with van der Waals surface area (Å²) in [5, 5.41) is 17.0. The summed E-state index contributed by atoms with van der Waals surface area (Å²) in [5.41, 5.74) is 3.76. The lowest BCUT2D eigenvalue weighted by Gasteiger charge is -2.25. The Morgan fingerprint density at radius 1 is 1.00 bits per heavy atom. The van der Waals surface area contributed by atoms with Gasteiger partial charge in [-0.2, -0.15) is 5.10 Å². The lowest BCUT2D eigenvalue weighted by atomic mass is 10.1. The van der Waals surface area contributed by atoms with E-state index < -0.39 is 0 Å². The Labute approximate surface area is 238 Å². The average Bonchev–Trinajstić information content (AvgIpc) is 3.37. The maximum absolute atomic E-state index is 13.2. The van der Waals surface area contributed by atoms with Gasteiger partial charge in [-0.3, -0.25) is 4.79 Å². The summed E-state index contributed by atoms with van der Waals surface area (Å²) in [5.74, 6) is 1.13. The molecule has 4 aromatic rings. The van der Waals surface area contributed by atoms with Crippen molar-refractivity contribution in [1.29, 1.82) is 0 Å². The van der Waals surface area contributed by atoms with Gasteiger partial charge >= 0.3 is 6.03 Å². The van der Waals surface area contributed by atoms with E-state index in [1.54, 1.807) is 30.5 Å². The number of benzene rings is 3. The van der Waals surface area contributed by atoms with Gasteiger partial charge in [-0.25, -0.2) is 14.8 Å². The number of nitrogens with zero attached hydrogens (tertiary/aromatic N) is 3. The lowest BCUT2D eigenvalue weighted by molar-refractivity contribution is -0.119. The van der Waals surface area contributed by atoms with E-state index in [-0.39, 0.29) is 24.7 Å². The molecule has 210 valence electrons. The van der Waals surface area contributed by atoms with Crippen molar-refractivity contribution in [2.75, 3.05) is 29.4 Å². The average molecular weight is 553 g/mol. The van der Waals surface area contributed by atoms with Gasteiger partial charge in [0.25, 0.3) is 5.91 Å². The fraction of sp³-hybridized carbons (Fsp3) is 0.226. The van der Waals surface area contributed by atoms with Crippen LogP contribution in [0.15, 0.2) is 84.1 Å². The van der Waals surface area contributed by atoms with Crippen LogP contribution in [0.25, 0.3) is 10.8 Å². The second-order valence-corrected chi connectivity index (χ2v) is 9.64. The fourth-order valence-corrected chi connectivity index (χ4v) is 4.59. The van der Waals surface area contributed by atoms with Crippen LogP contribution in [0.1, 0.15) is 25.3 Å². The predicted molar refractivity (Wildman–Crippen MR) is 161 cm³/mol. The Morgan fingerprint density at radius 3 is 2.54 bits per heavy atom. The van der Waals surface area contributed by atoms with Gasteiger partial charge in [-0.15, -0.1) is 0 Å². The quantitative estimate of drug-likeness (QED) is 0.233. The molecule has 1 unspecified atom stereocenters. The zero-order valence-electron chi connectivity index (χ0n) is 23.2. The lowest BCUT2D eigenvalue weighted by Crippen LogP contribution is -2.45. The number of rotatable bonds is 9. The monoisotopic (exact) mass is 552 g/mol. The Morgan fingerprint density at radius 2 is 1.78 bits per heavy atom. The van der Waals surface area contributed by atoms with Crippen molar-refractivity contribution in [3.05, 3.63) is 84.6 Å². The topological polar surface area (TPSA) is 117 Å². The van der Waals surface area contributed by atoms with E-state index in [0.29, 0.717) is 29.4 Å². The van der Waals surface area contributed by atoms with Crippen molar-refractivity contribution in [3.8, 4) is 11.5 Å². The molecule has 0 spiro atoms. The first-order valence-corrected chi connectivity index (χ1v) is 13.4. The first-order chi connectivity index (χ1) is 19.9. The van der Waals surface area contributed by atoms with Gasteiger partial charge in [-0.1, -0.05) is 48.9 Å². The first-order valence-electron chi connectivity index (χ1n) is 13.4. The van der Waals surface area contributed by atoms with E-state index in [9.17, 15) is 9.59 Å². The standard InChI is InChI=1S/C31H32N6O4/c1-4-21-17-29(37(36-21)22-11-9-20(2)10-12-22)35-31(39)33-26-13-14-27(25-8-6-5-7-24(25)26)41-23-15-16-32-28(18-23)34-30(38)19-40-3/h5-16,18,29H,4,17,19H2,1-3H3,(H,32,34,38)(H2,33,35,39). The van der Waals surface area contributed by atoms with Gasteiger partial charge in [-0.05, 0) is 43.7 Å². The Bertz CT molecular complexity index is 1590. The number of hydrogen-bond acceptors (Lipinski definition) is 7. The van der Waals surface area contributed by atoms with Crippen molar-refractivity contribution >= 4 is 45.6 Å². The number of methoxy groups -OCH3 is 1. The van der Waals surface area contributed by atoms with Gasteiger partial charge in [0, 0.05) is 42.3 Å². The third-order valence-electron chi connectivity index (χ3n) is 6.61. The molecule has 3 amide bonds. The number of pyridine rings is 1. The molecule has 0 saturated heterocycles. The SMILES string of the molecule is CCC1=NN(c2ccc(C)cc2)C(NC(=O)Nc2ccc(Oc3ccnc(NC(=O)COC)c3)c3ccccc23)C1. The minimum absolute atomic E-state index is 0.0725. The molecule has 0 saturated carbocycles. The molecule has 0 fully saturated rings. The van der Waals surface area contributed by atoms with Gasteiger partial charge < -0.3 is 25.4 Å². The Kier molecular flexibility index (Phi) is 8.40. The minimum Gasteiger partial charge on any atom is -0.457 e. The Hall–Kier alpha value is -4.96. The number of ether oxygens (including phenoxy) is 2. The maximum atomic E-state index is 13.2. The molecular weight excluding hydrogens is 520 g/mol. The number of hydrogen-bond donors (Lipinski definition) is 3. The van der Waals surface area contributed by atoms with E-state index in [0.717, 1.165) is 34.2 Å². The highest BCUT2D eigenvalue weighted by Crippen LogP contribution is 2.35. The van der Waals surface area contributed by atoms with E-state index >= 15 is 0 Å². The molecule has 3 N–H and O–H groups in total. The molecule has 1 atom stereocenters. The summed E-state index contributed by atoms with van der Waals surface area (Å²) in [4.78, 5) is 29.2. The minimum atomic E-state index is -0.330. The van der Waals surface area contributed by atoms with Crippen LogP contribution in [0.3, 0.4) is 0 Å². The van der Waals surface area contributed by atoms with Crippen LogP contribution in [-0.4, -0.2) is 42.5 Å². The summed E-state index contributed by atoms with van der Waals surface area (Å²) in [6.45, 7) is 4.03. The molecule has 3 aromatic carbocycles. The van der Waals surface area contributed by atoms with Crippen molar-refractivity contribution in [2.45, 2.75) is 32.9 Å². The molecule has 10 heteroatoms. The normalized spacial score (nSPS) is 14.5. The molecule has 2 heterocycles. The van der Waals surface area contributed by atoms with Crippen LogP contribution in [0.4, 0.5) is 22.0 Å². The summed E-state index contributed by atoms with van der Waals surface area (Å²) < 4.78 is 11.0. The van der Waals surface area contributed by atoms with Crippen LogP contribution in [-0.2, 0) is 9.53 Å². The highest BCUT2D eigenvalue weighted by molar-refractivity contribution is 6.04. The van der Waals surface area contributed by atoms with Crippen LogP contribution in [0.5, 0.6) is 11.5 Å². The first kappa shape index (κ1) is 27.6. The molecule has 41 heavy (non-hydrogen) atoms. The summed E-state index contributed by atoms with van der Waals surface area (Å²) in [7, 11) is 1.45. The number of carbonyl (C=O) groups is 2. The number of amides is 3. The van der Waals surface area contributed by atoms with Crippen molar-refractivity contribution in [2.24, 2.45) is 5.10 Å². The largest absolute Gasteiger partial charge is 0.457 e. The molecule has 1 aliphatic rings. The fourth-order valence-electron chi connectivity index (χ4n) is 4.59. The van der Waals surface area contributed by atoms with Crippen LogP contribution in [0, 0.1) is 6.92 Å².